The largest absolute Gasteiger partial charge is 0.423 e. The van der Waals surface area contributed by atoms with Crippen LogP contribution in [0.25, 0.3) is 11.0 Å². The van der Waals surface area contributed by atoms with Crippen LogP contribution in [0.2, 0.25) is 0 Å². The van der Waals surface area contributed by atoms with E-state index in [1.165, 1.54) is 6.07 Å². The lowest BCUT2D eigenvalue weighted by molar-refractivity contribution is -0.116. The molecule has 130 valence electrons. The van der Waals surface area contributed by atoms with E-state index in [0.29, 0.717) is 24.1 Å². The van der Waals surface area contributed by atoms with Crippen molar-refractivity contribution in [1.82, 2.24) is 9.78 Å². The summed E-state index contributed by atoms with van der Waals surface area (Å²) in [6, 6.07) is 6.80. The number of amides is 1. The summed E-state index contributed by atoms with van der Waals surface area (Å²) in [5.74, 6) is -0.0861. The Balaban J connectivity index is 1.72. The van der Waals surface area contributed by atoms with Crippen molar-refractivity contribution in [2.24, 2.45) is 7.05 Å². The maximum absolute atomic E-state index is 12.3. The Morgan fingerprint density at radius 2 is 2.00 bits per heavy atom. The molecule has 0 unspecified atom stereocenters. The minimum absolute atomic E-state index is 0.0861. The third-order valence-electron chi connectivity index (χ3n) is 4.50. The lowest BCUT2D eigenvalue weighted by Crippen LogP contribution is -2.13. The molecule has 0 spiro atoms. The smallest absolute Gasteiger partial charge is 0.336 e. The number of rotatable bonds is 4. The molecule has 0 saturated carbocycles. The molecule has 1 aromatic carbocycles. The average Bonchev–Trinajstić information content (AvgIpc) is 2.77. The predicted octanol–water partition coefficient (Wildman–Crippen LogP) is 3.02. The van der Waals surface area contributed by atoms with Crippen molar-refractivity contribution in [2.45, 2.75) is 33.6 Å². The van der Waals surface area contributed by atoms with E-state index in [0.717, 1.165) is 27.9 Å². The molecule has 2 heterocycles. The van der Waals surface area contributed by atoms with Gasteiger partial charge in [-0.1, -0.05) is 0 Å². The molecule has 0 aliphatic carbocycles. The first-order valence-electron chi connectivity index (χ1n) is 8.18. The first kappa shape index (κ1) is 17.0. The van der Waals surface area contributed by atoms with E-state index >= 15 is 0 Å². The zero-order valence-corrected chi connectivity index (χ0v) is 14.8. The highest BCUT2D eigenvalue weighted by molar-refractivity contribution is 5.93. The van der Waals surface area contributed by atoms with Gasteiger partial charge in [0.1, 0.15) is 5.58 Å². The number of fused-ring (bicyclic) bond motifs is 1. The van der Waals surface area contributed by atoms with Crippen LogP contribution in [0, 0.1) is 20.8 Å². The van der Waals surface area contributed by atoms with Gasteiger partial charge in [0.15, 0.2) is 0 Å². The van der Waals surface area contributed by atoms with Crippen molar-refractivity contribution in [1.29, 1.82) is 0 Å². The zero-order valence-electron chi connectivity index (χ0n) is 14.8. The maximum Gasteiger partial charge on any atom is 0.336 e. The van der Waals surface area contributed by atoms with Crippen molar-refractivity contribution in [3.8, 4) is 0 Å². The zero-order chi connectivity index (χ0) is 18.1. The summed E-state index contributed by atoms with van der Waals surface area (Å²) in [6.07, 6.45) is 1.00. The first-order chi connectivity index (χ1) is 11.8. The quantitative estimate of drug-likeness (QED) is 0.741. The molecule has 0 fully saturated rings. The van der Waals surface area contributed by atoms with Crippen molar-refractivity contribution in [3.63, 3.8) is 0 Å². The number of carbonyl (C=O) groups excluding carboxylic acids is 1. The first-order valence-corrected chi connectivity index (χ1v) is 8.18. The van der Waals surface area contributed by atoms with Gasteiger partial charge in [-0.2, -0.15) is 5.10 Å². The third-order valence-corrected chi connectivity index (χ3v) is 4.50. The molecule has 0 saturated heterocycles. The Hall–Kier alpha value is -2.89. The molecule has 25 heavy (non-hydrogen) atoms. The summed E-state index contributed by atoms with van der Waals surface area (Å²) < 4.78 is 7.04. The van der Waals surface area contributed by atoms with Gasteiger partial charge in [-0.05, 0) is 50.5 Å². The van der Waals surface area contributed by atoms with Gasteiger partial charge in [-0.3, -0.25) is 9.48 Å². The molecule has 1 amide bonds. The molecule has 0 radical (unpaired) electrons. The summed E-state index contributed by atoms with van der Waals surface area (Å²) in [7, 11) is 1.90. The van der Waals surface area contributed by atoms with Crippen LogP contribution in [-0.4, -0.2) is 15.7 Å². The Morgan fingerprint density at radius 1 is 1.24 bits per heavy atom. The molecule has 6 nitrogen and oxygen atoms in total. The molecule has 3 aromatic rings. The molecule has 0 bridgehead atoms. The number of aromatic nitrogens is 2. The van der Waals surface area contributed by atoms with Gasteiger partial charge < -0.3 is 9.73 Å². The molecule has 0 aliphatic heterocycles. The molecular weight excluding hydrogens is 318 g/mol. The molecule has 0 aliphatic rings. The van der Waals surface area contributed by atoms with E-state index in [-0.39, 0.29) is 5.91 Å². The van der Waals surface area contributed by atoms with E-state index in [9.17, 15) is 9.59 Å². The van der Waals surface area contributed by atoms with Gasteiger partial charge >= 0.3 is 5.63 Å². The van der Waals surface area contributed by atoms with Gasteiger partial charge in [0.2, 0.25) is 5.91 Å². The summed E-state index contributed by atoms with van der Waals surface area (Å²) in [5.41, 5.74) is 4.69. The standard InChI is InChI=1S/C19H21N3O3/c1-11-9-19(24)25-17-10-14(5-6-15(11)17)20-18(23)8-7-16-12(2)21-22(4)13(16)3/h5-6,9-10H,7-8H2,1-4H3,(H,20,23). The average molecular weight is 339 g/mol. The monoisotopic (exact) mass is 339 g/mol. The second-order valence-corrected chi connectivity index (χ2v) is 6.28. The van der Waals surface area contributed by atoms with Gasteiger partial charge in [-0.25, -0.2) is 4.79 Å². The summed E-state index contributed by atoms with van der Waals surface area (Å²) >= 11 is 0. The summed E-state index contributed by atoms with van der Waals surface area (Å²) in [4.78, 5) is 23.8. The SMILES string of the molecule is Cc1nn(C)c(C)c1CCC(=O)Nc1ccc2c(C)cc(=O)oc2c1. The van der Waals surface area contributed by atoms with Crippen molar-refractivity contribution < 1.29 is 9.21 Å². The number of hydrogen-bond acceptors (Lipinski definition) is 4. The second kappa shape index (κ2) is 6.55. The lowest BCUT2D eigenvalue weighted by Gasteiger charge is -2.07. The maximum atomic E-state index is 12.3. The molecule has 6 heteroatoms. The number of hydrogen-bond donors (Lipinski definition) is 1. The van der Waals surface area contributed by atoms with Crippen LogP contribution in [-0.2, 0) is 18.3 Å². The van der Waals surface area contributed by atoms with Crippen LogP contribution in [0.5, 0.6) is 0 Å². The minimum atomic E-state index is -0.393. The van der Waals surface area contributed by atoms with Crippen molar-refractivity contribution >= 4 is 22.6 Å². The Morgan fingerprint density at radius 3 is 2.68 bits per heavy atom. The Kier molecular flexibility index (Phi) is 4.44. The normalized spacial score (nSPS) is 11.0. The van der Waals surface area contributed by atoms with Crippen LogP contribution in [0.4, 0.5) is 5.69 Å². The van der Waals surface area contributed by atoms with E-state index in [1.807, 2.05) is 44.6 Å². The molecule has 3 rings (SSSR count). The van der Waals surface area contributed by atoms with Crippen LogP contribution in [0.3, 0.4) is 0 Å². The molecule has 0 atom stereocenters. The fourth-order valence-electron chi connectivity index (χ4n) is 3.04. The lowest BCUT2D eigenvalue weighted by atomic mass is 10.1. The summed E-state index contributed by atoms with van der Waals surface area (Å²) in [5, 5.41) is 8.09. The van der Waals surface area contributed by atoms with Crippen LogP contribution >= 0.6 is 0 Å². The second-order valence-electron chi connectivity index (χ2n) is 6.28. The molecule has 2 aromatic heterocycles. The highest BCUT2D eigenvalue weighted by Gasteiger charge is 2.12. The van der Waals surface area contributed by atoms with Gasteiger partial charge in [0, 0.05) is 42.4 Å². The third kappa shape index (κ3) is 3.47. The van der Waals surface area contributed by atoms with E-state index in [4.69, 9.17) is 4.42 Å². The number of nitrogens with one attached hydrogen (secondary N) is 1. The number of benzene rings is 1. The predicted molar refractivity (Wildman–Crippen MR) is 96.9 cm³/mol. The number of carbonyl (C=O) groups is 1. The number of anilines is 1. The summed E-state index contributed by atoms with van der Waals surface area (Å²) in [6.45, 7) is 5.81. The Bertz CT molecular complexity index is 1010. The van der Waals surface area contributed by atoms with Crippen molar-refractivity contribution in [2.75, 3.05) is 5.32 Å². The van der Waals surface area contributed by atoms with Crippen LogP contribution < -0.4 is 10.9 Å². The fourth-order valence-corrected chi connectivity index (χ4v) is 3.04. The van der Waals surface area contributed by atoms with Crippen LogP contribution in [0.15, 0.2) is 33.5 Å². The van der Waals surface area contributed by atoms with Gasteiger partial charge in [-0.15, -0.1) is 0 Å². The van der Waals surface area contributed by atoms with Crippen molar-refractivity contribution in [3.05, 3.63) is 57.2 Å². The number of nitrogens with zero attached hydrogens (tertiary/aromatic N) is 2. The molecule has 1 N–H and O–H groups in total. The van der Waals surface area contributed by atoms with E-state index in [1.54, 1.807) is 6.07 Å². The van der Waals surface area contributed by atoms with Crippen LogP contribution in [0.1, 0.15) is 28.9 Å². The number of aryl methyl sites for hydroxylation is 3. The minimum Gasteiger partial charge on any atom is -0.423 e. The van der Waals surface area contributed by atoms with Gasteiger partial charge in [0.25, 0.3) is 0 Å². The van der Waals surface area contributed by atoms with E-state index in [2.05, 4.69) is 10.4 Å². The Labute approximate surface area is 145 Å². The fraction of sp³-hybridized carbons (Fsp3) is 0.316. The van der Waals surface area contributed by atoms with Gasteiger partial charge in [0.05, 0.1) is 5.69 Å². The highest BCUT2D eigenvalue weighted by atomic mass is 16.4. The topological polar surface area (TPSA) is 77.1 Å². The van der Waals surface area contributed by atoms with E-state index < -0.39 is 5.63 Å². The highest BCUT2D eigenvalue weighted by Crippen LogP contribution is 2.21. The molecular formula is C19H21N3O3.